The third-order valence-electron chi connectivity index (χ3n) is 2.72. The van der Waals surface area contributed by atoms with E-state index in [0.717, 1.165) is 20.8 Å². The average molecular weight is 292 g/mol. The summed E-state index contributed by atoms with van der Waals surface area (Å²) in [4.78, 5) is 15.1. The summed E-state index contributed by atoms with van der Waals surface area (Å²) in [5, 5.41) is 1.14. The molecule has 0 atom stereocenters. The van der Waals surface area contributed by atoms with Crippen LogP contribution in [0.2, 0.25) is 5.02 Å². The van der Waals surface area contributed by atoms with E-state index in [4.69, 9.17) is 11.6 Å². The molecule has 0 unspecified atom stereocenters. The summed E-state index contributed by atoms with van der Waals surface area (Å²) in [5.74, 6) is -0.281. The molecule has 0 saturated heterocycles. The summed E-state index contributed by atoms with van der Waals surface area (Å²) < 4.78 is 13.9. The van der Waals surface area contributed by atoms with E-state index in [1.165, 1.54) is 23.5 Å². The summed E-state index contributed by atoms with van der Waals surface area (Å²) in [5.41, 5.74) is 2.01. The van der Waals surface area contributed by atoms with Gasteiger partial charge in [-0.2, -0.15) is 0 Å². The molecule has 0 amide bonds. The Morgan fingerprint density at radius 2 is 2.05 bits per heavy atom. The molecule has 1 aromatic heterocycles. The molecule has 0 bridgehead atoms. The Bertz CT molecular complexity index is 784. The summed E-state index contributed by atoms with van der Waals surface area (Å²) in [6.45, 7) is 0. The predicted octanol–water partition coefficient (Wildman–Crippen LogP) is 4.57. The molecule has 5 heteroatoms. The fraction of sp³-hybridized carbons (Fsp3) is 0. The lowest BCUT2D eigenvalue weighted by molar-refractivity contribution is 0.112. The van der Waals surface area contributed by atoms with Gasteiger partial charge in [0.05, 0.1) is 15.2 Å². The van der Waals surface area contributed by atoms with Crippen molar-refractivity contribution in [1.29, 1.82) is 0 Å². The molecule has 0 radical (unpaired) electrons. The molecule has 0 saturated carbocycles. The second kappa shape index (κ2) is 4.72. The van der Waals surface area contributed by atoms with Crippen LogP contribution >= 0.6 is 22.9 Å². The maximum Gasteiger partial charge on any atom is 0.151 e. The first-order valence-electron chi connectivity index (χ1n) is 5.48. The van der Waals surface area contributed by atoms with Gasteiger partial charge in [-0.15, -0.1) is 11.3 Å². The Morgan fingerprint density at radius 1 is 1.21 bits per heavy atom. The second-order valence-electron chi connectivity index (χ2n) is 3.99. The van der Waals surface area contributed by atoms with Gasteiger partial charge in [0.2, 0.25) is 0 Å². The van der Waals surface area contributed by atoms with Crippen LogP contribution in [0.25, 0.3) is 20.8 Å². The van der Waals surface area contributed by atoms with Crippen molar-refractivity contribution in [3.05, 3.63) is 52.8 Å². The van der Waals surface area contributed by atoms with Crippen molar-refractivity contribution in [2.75, 3.05) is 0 Å². The van der Waals surface area contributed by atoms with Crippen molar-refractivity contribution >= 4 is 39.4 Å². The van der Waals surface area contributed by atoms with Crippen LogP contribution in [0.4, 0.5) is 4.39 Å². The number of hydrogen-bond acceptors (Lipinski definition) is 3. The van der Waals surface area contributed by atoms with Gasteiger partial charge in [0.25, 0.3) is 0 Å². The fourth-order valence-electron chi connectivity index (χ4n) is 1.78. The maximum absolute atomic E-state index is 13.1. The summed E-state index contributed by atoms with van der Waals surface area (Å²) >= 11 is 7.38. The normalized spacial score (nSPS) is 10.8. The quantitative estimate of drug-likeness (QED) is 0.647. The zero-order chi connectivity index (χ0) is 13.4. The number of benzene rings is 2. The zero-order valence-electron chi connectivity index (χ0n) is 9.56. The first-order valence-corrected chi connectivity index (χ1v) is 6.68. The van der Waals surface area contributed by atoms with E-state index in [1.807, 2.05) is 0 Å². The number of hydrogen-bond donors (Lipinski definition) is 0. The molecule has 3 aromatic rings. The number of carbonyl (C=O) groups is 1. The van der Waals surface area contributed by atoms with E-state index < -0.39 is 0 Å². The lowest BCUT2D eigenvalue weighted by atomic mass is 10.1. The van der Waals surface area contributed by atoms with E-state index in [9.17, 15) is 9.18 Å². The van der Waals surface area contributed by atoms with Crippen molar-refractivity contribution in [2.45, 2.75) is 0 Å². The molecule has 2 aromatic carbocycles. The second-order valence-corrected chi connectivity index (χ2v) is 5.42. The van der Waals surface area contributed by atoms with E-state index in [-0.39, 0.29) is 5.82 Å². The lowest BCUT2D eigenvalue weighted by Crippen LogP contribution is -1.83. The minimum atomic E-state index is -0.281. The monoisotopic (exact) mass is 291 g/mol. The third kappa shape index (κ3) is 2.25. The van der Waals surface area contributed by atoms with Crippen molar-refractivity contribution in [3.8, 4) is 10.6 Å². The van der Waals surface area contributed by atoms with Crippen LogP contribution in [0.3, 0.4) is 0 Å². The molecule has 3 rings (SSSR count). The number of fused-ring (bicyclic) bond motifs is 1. The van der Waals surface area contributed by atoms with Gasteiger partial charge in [-0.1, -0.05) is 17.7 Å². The summed E-state index contributed by atoms with van der Waals surface area (Å²) in [6, 6.07) is 9.61. The molecule has 0 aliphatic heterocycles. The molecule has 0 aliphatic rings. The average Bonchev–Trinajstić information content (AvgIpc) is 2.81. The van der Waals surface area contributed by atoms with Gasteiger partial charge in [0.15, 0.2) is 6.29 Å². The molecule has 0 N–H and O–H groups in total. The molecule has 0 aliphatic carbocycles. The van der Waals surface area contributed by atoms with Crippen molar-refractivity contribution in [3.63, 3.8) is 0 Å². The van der Waals surface area contributed by atoms with Gasteiger partial charge in [-0.25, -0.2) is 9.37 Å². The Labute approximate surface area is 117 Å². The van der Waals surface area contributed by atoms with E-state index >= 15 is 0 Å². The number of carbonyl (C=O) groups excluding carboxylic acids is 1. The molecular formula is C14H7ClFNOS. The van der Waals surface area contributed by atoms with Crippen LogP contribution < -0.4 is 0 Å². The first kappa shape index (κ1) is 12.3. The number of aldehydes is 1. The molecule has 1 heterocycles. The van der Waals surface area contributed by atoms with Crippen molar-refractivity contribution < 1.29 is 9.18 Å². The number of aromatic nitrogens is 1. The van der Waals surface area contributed by atoms with Gasteiger partial charge in [0.1, 0.15) is 10.8 Å². The summed E-state index contributed by atoms with van der Waals surface area (Å²) in [7, 11) is 0. The highest BCUT2D eigenvalue weighted by Crippen LogP contribution is 2.32. The number of nitrogens with zero attached hydrogens (tertiary/aromatic N) is 1. The van der Waals surface area contributed by atoms with Gasteiger partial charge >= 0.3 is 0 Å². The topological polar surface area (TPSA) is 30.0 Å². The highest BCUT2D eigenvalue weighted by atomic mass is 35.5. The van der Waals surface area contributed by atoms with Crippen LogP contribution in [0, 0.1) is 5.82 Å². The Balaban J connectivity index is 2.13. The van der Waals surface area contributed by atoms with Gasteiger partial charge in [0, 0.05) is 11.1 Å². The predicted molar refractivity (Wildman–Crippen MR) is 75.4 cm³/mol. The standard InChI is InChI=1S/C14H7ClFNOS/c15-11-5-8(1-2-9(11)7-18)14-17-12-4-3-10(16)6-13(12)19-14/h1-7H. The highest BCUT2D eigenvalue weighted by Gasteiger charge is 2.09. The fourth-order valence-corrected chi connectivity index (χ4v) is 2.99. The highest BCUT2D eigenvalue weighted by molar-refractivity contribution is 7.21. The Morgan fingerprint density at radius 3 is 2.79 bits per heavy atom. The van der Waals surface area contributed by atoms with Gasteiger partial charge in [-0.3, -0.25) is 4.79 Å². The Kier molecular flexibility index (Phi) is 3.05. The van der Waals surface area contributed by atoms with Crippen molar-refractivity contribution in [2.24, 2.45) is 0 Å². The number of rotatable bonds is 2. The van der Waals surface area contributed by atoms with Gasteiger partial charge in [-0.05, 0) is 30.3 Å². The largest absolute Gasteiger partial charge is 0.298 e. The smallest absolute Gasteiger partial charge is 0.151 e. The minimum Gasteiger partial charge on any atom is -0.298 e. The van der Waals surface area contributed by atoms with Crippen LogP contribution in [0.1, 0.15) is 10.4 Å². The van der Waals surface area contributed by atoms with Crippen LogP contribution in [-0.2, 0) is 0 Å². The van der Waals surface area contributed by atoms with E-state index in [1.54, 1.807) is 24.3 Å². The minimum absolute atomic E-state index is 0.281. The lowest BCUT2D eigenvalue weighted by Gasteiger charge is -1.99. The Hall–Kier alpha value is -1.78. The summed E-state index contributed by atoms with van der Waals surface area (Å²) in [6.07, 6.45) is 0.708. The van der Waals surface area contributed by atoms with Crippen LogP contribution in [0.15, 0.2) is 36.4 Å². The molecule has 94 valence electrons. The molecular weight excluding hydrogens is 285 g/mol. The molecule has 19 heavy (non-hydrogen) atoms. The SMILES string of the molecule is O=Cc1ccc(-c2nc3ccc(F)cc3s2)cc1Cl. The molecule has 2 nitrogen and oxygen atoms in total. The number of halogens is 2. The molecule has 0 spiro atoms. The number of thiazole rings is 1. The van der Waals surface area contributed by atoms with Gasteiger partial charge < -0.3 is 0 Å². The maximum atomic E-state index is 13.1. The van der Waals surface area contributed by atoms with Crippen LogP contribution in [0.5, 0.6) is 0 Å². The third-order valence-corrected chi connectivity index (χ3v) is 4.12. The van der Waals surface area contributed by atoms with E-state index in [2.05, 4.69) is 4.98 Å². The van der Waals surface area contributed by atoms with Crippen LogP contribution in [-0.4, -0.2) is 11.3 Å². The van der Waals surface area contributed by atoms with E-state index in [0.29, 0.717) is 16.9 Å². The molecule has 0 fully saturated rings. The first-order chi connectivity index (χ1) is 9.17. The van der Waals surface area contributed by atoms with Crippen molar-refractivity contribution in [1.82, 2.24) is 4.98 Å². The zero-order valence-corrected chi connectivity index (χ0v) is 11.1.